The summed E-state index contributed by atoms with van der Waals surface area (Å²) in [5, 5.41) is 3.18. The average Bonchev–Trinajstić information content (AvgIpc) is 3.74. The molecule has 1 aliphatic carbocycles. The van der Waals surface area contributed by atoms with E-state index in [-0.39, 0.29) is 16.2 Å². The number of ether oxygens (including phenoxy) is 4. The van der Waals surface area contributed by atoms with Crippen molar-refractivity contribution in [1.29, 1.82) is 0 Å². The van der Waals surface area contributed by atoms with Crippen molar-refractivity contribution in [2.24, 2.45) is 0 Å². The number of anilines is 1. The number of nitrogens with one attached hydrogen (secondary N) is 1. The van der Waals surface area contributed by atoms with E-state index >= 15 is 0 Å². The van der Waals surface area contributed by atoms with Gasteiger partial charge < -0.3 is 18.9 Å². The van der Waals surface area contributed by atoms with Crippen molar-refractivity contribution >= 4 is 38.2 Å². The molecule has 3 aromatic rings. The number of sulfone groups is 1. The number of hydrogen-bond donors (Lipinski definition) is 1. The Morgan fingerprint density at radius 2 is 1.82 bits per heavy atom. The molecule has 0 radical (unpaired) electrons. The van der Waals surface area contributed by atoms with Gasteiger partial charge in [-0.05, 0) is 61.6 Å². The normalized spacial score (nSPS) is 16.8. The van der Waals surface area contributed by atoms with Gasteiger partial charge in [-0.1, -0.05) is 29.5 Å². The largest absolute Gasteiger partial charge is 0.465 e. The second kappa shape index (κ2) is 11.8. The maximum Gasteiger partial charge on any atom is 0.337 e. The summed E-state index contributed by atoms with van der Waals surface area (Å²) in [6.07, 6.45) is 2.97. The molecule has 1 N–H and O–H groups in total. The molecular formula is C27H28N2O8S2. The highest BCUT2D eigenvalue weighted by Crippen LogP contribution is 2.35. The summed E-state index contributed by atoms with van der Waals surface area (Å²) in [5.74, 6) is -0.499. The summed E-state index contributed by atoms with van der Waals surface area (Å²) in [7, 11) is -2.04. The third-order valence-electron chi connectivity index (χ3n) is 6.40. The van der Waals surface area contributed by atoms with Crippen molar-refractivity contribution < 1.29 is 37.0 Å². The Balaban J connectivity index is 1.30. The van der Waals surface area contributed by atoms with Gasteiger partial charge in [0.2, 0.25) is 5.06 Å². The van der Waals surface area contributed by atoms with Gasteiger partial charge in [0.05, 0.1) is 35.1 Å². The monoisotopic (exact) mass is 572 g/mol. The minimum atomic E-state index is -3.34. The second-order valence-corrected chi connectivity index (χ2v) is 12.5. The summed E-state index contributed by atoms with van der Waals surface area (Å²) >= 11 is 1.11. The molecule has 2 heterocycles. The number of thiazole rings is 1. The van der Waals surface area contributed by atoms with Crippen LogP contribution in [0.25, 0.3) is 0 Å². The van der Waals surface area contributed by atoms with Crippen LogP contribution in [0, 0.1) is 0 Å². The van der Waals surface area contributed by atoms with E-state index in [1.54, 1.807) is 36.4 Å². The van der Waals surface area contributed by atoms with Gasteiger partial charge in [-0.2, -0.15) is 0 Å². The Morgan fingerprint density at radius 1 is 1.08 bits per heavy atom. The topological polar surface area (TPSA) is 130 Å². The maximum atomic E-state index is 13.4. The van der Waals surface area contributed by atoms with E-state index in [4.69, 9.17) is 18.9 Å². The standard InChI is InChI=1S/C27H28N2O8S2/c1-34-26(31)18-3-2-4-20(15-18)36-23-16-28-27(38-23)29-25(30)24(37-19-11-13-35-14-12-19)17-5-7-21(8-6-17)39(32,33)22-9-10-22/h2-8,15-16,19,22,24H,9-14H2,1H3,(H,28,29,30). The van der Waals surface area contributed by atoms with Crippen LogP contribution < -0.4 is 10.1 Å². The molecule has 1 unspecified atom stereocenters. The molecule has 0 bridgehead atoms. The summed E-state index contributed by atoms with van der Waals surface area (Å²) in [6.45, 7) is 1.09. The molecule has 1 aliphatic heterocycles. The van der Waals surface area contributed by atoms with Crippen molar-refractivity contribution in [3.8, 4) is 10.8 Å². The zero-order valence-electron chi connectivity index (χ0n) is 21.2. The van der Waals surface area contributed by atoms with E-state index in [1.165, 1.54) is 25.4 Å². The highest BCUT2D eigenvalue weighted by atomic mass is 32.2. The molecule has 2 aromatic carbocycles. The van der Waals surface area contributed by atoms with Crippen molar-refractivity contribution in [3.63, 3.8) is 0 Å². The summed E-state index contributed by atoms with van der Waals surface area (Å²) in [4.78, 5) is 29.7. The minimum absolute atomic E-state index is 0.179. The second-order valence-electron chi connectivity index (χ2n) is 9.24. The van der Waals surface area contributed by atoms with Crippen LogP contribution in [0.5, 0.6) is 10.8 Å². The first-order valence-corrected chi connectivity index (χ1v) is 14.9. The van der Waals surface area contributed by atoms with Gasteiger partial charge in [-0.3, -0.25) is 10.1 Å². The molecule has 2 aliphatic rings. The molecule has 12 heteroatoms. The zero-order valence-corrected chi connectivity index (χ0v) is 22.8. The molecule has 10 nitrogen and oxygen atoms in total. The summed E-state index contributed by atoms with van der Waals surface area (Å²) in [6, 6.07) is 12.9. The molecule has 1 amide bonds. The Hall–Kier alpha value is -3.32. The van der Waals surface area contributed by atoms with E-state index in [2.05, 4.69) is 10.3 Å². The quantitative estimate of drug-likeness (QED) is 0.348. The van der Waals surface area contributed by atoms with Crippen molar-refractivity contribution in [1.82, 2.24) is 4.98 Å². The Labute approximate surface area is 230 Å². The van der Waals surface area contributed by atoms with Crippen LogP contribution in [0.3, 0.4) is 0 Å². The Morgan fingerprint density at radius 3 is 2.51 bits per heavy atom. The molecule has 1 atom stereocenters. The fourth-order valence-electron chi connectivity index (χ4n) is 4.16. The van der Waals surface area contributed by atoms with E-state index in [0.717, 1.165) is 11.3 Å². The van der Waals surface area contributed by atoms with Gasteiger partial charge in [0.15, 0.2) is 21.1 Å². The number of rotatable bonds is 10. The maximum absolute atomic E-state index is 13.4. The fourth-order valence-corrected chi connectivity index (χ4v) is 6.50. The van der Waals surface area contributed by atoms with E-state index < -0.39 is 27.8 Å². The lowest BCUT2D eigenvalue weighted by molar-refractivity contribution is -0.136. The number of carbonyl (C=O) groups is 2. The lowest BCUT2D eigenvalue weighted by Crippen LogP contribution is -2.31. The van der Waals surface area contributed by atoms with Crippen LogP contribution in [0.15, 0.2) is 59.6 Å². The first kappa shape index (κ1) is 27.3. The zero-order chi connectivity index (χ0) is 27.4. The summed E-state index contributed by atoms with van der Waals surface area (Å²) in [5.41, 5.74) is 0.887. The highest BCUT2D eigenvalue weighted by molar-refractivity contribution is 7.92. The molecule has 5 rings (SSSR count). The molecule has 2 fully saturated rings. The summed E-state index contributed by atoms with van der Waals surface area (Å²) < 4.78 is 47.4. The van der Waals surface area contributed by atoms with Gasteiger partial charge in [0.1, 0.15) is 5.75 Å². The number of nitrogens with zero attached hydrogens (tertiary/aromatic N) is 1. The van der Waals surface area contributed by atoms with Crippen molar-refractivity contribution in [2.75, 3.05) is 25.6 Å². The van der Waals surface area contributed by atoms with Gasteiger partial charge in [0, 0.05) is 13.2 Å². The van der Waals surface area contributed by atoms with Gasteiger partial charge >= 0.3 is 5.97 Å². The van der Waals surface area contributed by atoms with Crippen molar-refractivity contribution in [2.45, 2.75) is 48.0 Å². The average molecular weight is 573 g/mol. The van der Waals surface area contributed by atoms with E-state index in [1.807, 2.05) is 0 Å². The number of hydrogen-bond acceptors (Lipinski definition) is 10. The van der Waals surface area contributed by atoms with Crippen molar-refractivity contribution in [3.05, 3.63) is 65.9 Å². The smallest absolute Gasteiger partial charge is 0.337 e. The van der Waals surface area contributed by atoms with Crippen LogP contribution in [-0.4, -0.2) is 57.0 Å². The fraction of sp³-hybridized carbons (Fsp3) is 0.370. The number of aromatic nitrogens is 1. The van der Waals surface area contributed by atoms with E-state index in [9.17, 15) is 18.0 Å². The van der Waals surface area contributed by atoms with Crippen LogP contribution in [0.2, 0.25) is 0 Å². The molecule has 1 saturated heterocycles. The minimum Gasteiger partial charge on any atom is -0.465 e. The number of esters is 1. The highest BCUT2D eigenvalue weighted by Gasteiger charge is 2.37. The third kappa shape index (κ3) is 6.64. The SMILES string of the molecule is COC(=O)c1cccc(Oc2cnc(NC(=O)C(OC3CCOCC3)c3ccc(S(=O)(=O)C4CC4)cc3)s2)c1. The lowest BCUT2D eigenvalue weighted by atomic mass is 10.1. The first-order valence-electron chi connectivity index (χ1n) is 12.5. The molecule has 1 aromatic heterocycles. The third-order valence-corrected chi connectivity index (χ3v) is 9.47. The molecule has 206 valence electrons. The first-order chi connectivity index (χ1) is 18.8. The molecular weight excluding hydrogens is 544 g/mol. The van der Waals surface area contributed by atoms with Gasteiger partial charge in [-0.25, -0.2) is 18.2 Å². The molecule has 39 heavy (non-hydrogen) atoms. The van der Waals surface area contributed by atoms with Crippen LogP contribution >= 0.6 is 11.3 Å². The predicted molar refractivity (Wildman–Crippen MR) is 143 cm³/mol. The number of methoxy groups -OCH3 is 1. The molecule has 1 saturated carbocycles. The number of benzene rings is 2. The number of carbonyl (C=O) groups excluding carboxylic acids is 2. The Bertz CT molecular complexity index is 1430. The molecule has 0 spiro atoms. The predicted octanol–water partition coefficient (Wildman–Crippen LogP) is 4.53. The number of amides is 1. The van der Waals surface area contributed by atoms with Gasteiger partial charge in [0.25, 0.3) is 5.91 Å². The Kier molecular flexibility index (Phi) is 8.26. The van der Waals surface area contributed by atoms with Crippen LogP contribution in [-0.2, 0) is 28.8 Å². The van der Waals surface area contributed by atoms with Crippen LogP contribution in [0.4, 0.5) is 5.13 Å². The van der Waals surface area contributed by atoms with E-state index in [0.29, 0.717) is 66.0 Å². The lowest BCUT2D eigenvalue weighted by Gasteiger charge is -2.27. The van der Waals surface area contributed by atoms with Gasteiger partial charge in [-0.15, -0.1) is 0 Å². The van der Waals surface area contributed by atoms with Crippen LogP contribution in [0.1, 0.15) is 47.7 Å².